The molecule has 0 spiro atoms. The van der Waals surface area contributed by atoms with E-state index in [4.69, 9.17) is 19.8 Å². The van der Waals surface area contributed by atoms with Crippen molar-refractivity contribution in [1.29, 1.82) is 0 Å². The Hall–Kier alpha value is -4.23. The lowest BCUT2D eigenvalue weighted by atomic mass is 10.0. The van der Waals surface area contributed by atoms with E-state index in [0.717, 1.165) is 16.7 Å². The molecule has 10 nitrogen and oxygen atoms in total. The molecule has 0 unspecified atom stereocenters. The van der Waals surface area contributed by atoms with E-state index in [0.29, 0.717) is 11.3 Å². The second kappa shape index (κ2) is 14.5. The lowest BCUT2D eigenvalue weighted by Crippen LogP contribution is -2.68. The highest BCUT2D eigenvalue weighted by molar-refractivity contribution is 8.00. The van der Waals surface area contributed by atoms with Crippen LogP contribution in [0.3, 0.4) is 0 Å². The summed E-state index contributed by atoms with van der Waals surface area (Å²) < 4.78 is 40.8. The Labute approximate surface area is 260 Å². The molecule has 1 amide bonds. The van der Waals surface area contributed by atoms with Gasteiger partial charge in [0.15, 0.2) is 6.10 Å². The quantitative estimate of drug-likeness (QED) is 0.159. The molecule has 230 valence electrons. The second-order valence-corrected chi connectivity index (χ2v) is 12.4. The number of nitrogens with zero attached hydrogens (tertiary/aromatic N) is 1. The zero-order valence-corrected chi connectivity index (χ0v) is 25.7. The van der Waals surface area contributed by atoms with Crippen LogP contribution >= 0.6 is 11.8 Å². The molecule has 0 bridgehead atoms. The Balaban J connectivity index is 0.000000339. The van der Waals surface area contributed by atoms with Gasteiger partial charge in [-0.2, -0.15) is 8.42 Å². The van der Waals surface area contributed by atoms with Crippen molar-refractivity contribution >= 4 is 39.7 Å². The van der Waals surface area contributed by atoms with Crippen LogP contribution < -0.4 is 5.73 Å². The Morgan fingerprint density at radius 3 is 2.11 bits per heavy atom. The Morgan fingerprint density at radius 2 is 1.59 bits per heavy atom. The molecule has 2 aliphatic rings. The predicted molar refractivity (Wildman–Crippen MR) is 166 cm³/mol. The van der Waals surface area contributed by atoms with Gasteiger partial charge < -0.3 is 15.2 Å². The number of esters is 2. The van der Waals surface area contributed by atoms with Crippen molar-refractivity contribution in [3.63, 3.8) is 0 Å². The van der Waals surface area contributed by atoms with E-state index in [9.17, 15) is 22.8 Å². The van der Waals surface area contributed by atoms with E-state index in [2.05, 4.69) is 0 Å². The van der Waals surface area contributed by atoms with Gasteiger partial charge in [-0.3, -0.25) is 14.2 Å². The van der Waals surface area contributed by atoms with Gasteiger partial charge in [0.1, 0.15) is 23.7 Å². The fraction of sp³-hybridized carbons (Fsp3) is 0.219. The third kappa shape index (κ3) is 7.83. The summed E-state index contributed by atoms with van der Waals surface area (Å²) in [4.78, 5) is 39.2. The number of fused-ring (bicyclic) bond motifs is 1. The topological polar surface area (TPSA) is 153 Å². The number of ether oxygens (including phenoxy) is 2. The molecule has 2 heterocycles. The summed E-state index contributed by atoms with van der Waals surface area (Å²) in [6.45, 7) is 3.43. The first kappa shape index (κ1) is 32.7. The smallest absolute Gasteiger partial charge is 0.356 e. The first-order valence-electron chi connectivity index (χ1n) is 13.6. The van der Waals surface area contributed by atoms with Crippen LogP contribution in [0.2, 0.25) is 0 Å². The summed E-state index contributed by atoms with van der Waals surface area (Å²) in [6.07, 6.45) is 2.19. The maximum atomic E-state index is 13.5. The second-order valence-electron chi connectivity index (χ2n) is 9.89. The van der Waals surface area contributed by atoms with Crippen LogP contribution in [0.25, 0.3) is 0 Å². The van der Waals surface area contributed by atoms with Crippen molar-refractivity contribution in [2.75, 3.05) is 12.4 Å². The molecule has 0 aliphatic carbocycles. The SMILES string of the molecule is C/C=C/C(=O)OCC1=C(C(=O)OC(c2ccccc2)c2ccccc2)N2C(=O)[C@@H](N)[C@@H]2SC1.Cc1ccc(S(=O)(=O)O)cc1. The van der Waals surface area contributed by atoms with Crippen LogP contribution in [0.1, 0.15) is 29.7 Å². The van der Waals surface area contributed by atoms with Gasteiger partial charge in [-0.1, -0.05) is 84.4 Å². The molecular formula is C32H32N2O8S2. The molecule has 1 saturated heterocycles. The minimum Gasteiger partial charge on any atom is -0.458 e. The van der Waals surface area contributed by atoms with Crippen molar-refractivity contribution in [2.24, 2.45) is 5.73 Å². The molecule has 3 aromatic rings. The third-order valence-corrected chi connectivity index (χ3v) is 8.95. The Bertz CT molecular complexity index is 1620. The van der Waals surface area contributed by atoms with Gasteiger partial charge in [-0.05, 0) is 37.1 Å². The van der Waals surface area contributed by atoms with Crippen LogP contribution in [0, 0.1) is 6.92 Å². The van der Waals surface area contributed by atoms with Gasteiger partial charge in [0.05, 0.1) is 4.90 Å². The van der Waals surface area contributed by atoms with Crippen molar-refractivity contribution < 1.29 is 36.8 Å². The standard InChI is InChI=1S/C25H24N2O5S.C7H8O3S/c1-2-9-19(28)31-14-18-15-33-24-20(26)23(29)27(24)21(18)25(30)32-22(16-10-5-3-6-11-16)17-12-7-4-8-13-17;1-6-2-4-7(5-3-6)11(8,9)10/h2-13,20,22,24H,14-15,26H2,1H3;2-5H,1H3,(H,8,9,10)/b9-2+;/t20-,24+;/m1./s1. The minimum absolute atomic E-state index is 0.0666. The van der Waals surface area contributed by atoms with Crippen molar-refractivity contribution in [3.05, 3.63) is 125 Å². The fourth-order valence-electron chi connectivity index (χ4n) is 4.48. The summed E-state index contributed by atoms with van der Waals surface area (Å²) in [5.41, 5.74) is 9.12. The van der Waals surface area contributed by atoms with Crippen LogP contribution in [0.5, 0.6) is 0 Å². The molecule has 5 rings (SSSR count). The van der Waals surface area contributed by atoms with Gasteiger partial charge in [-0.15, -0.1) is 11.8 Å². The number of aryl methyl sites for hydroxylation is 1. The van der Waals surface area contributed by atoms with E-state index in [1.165, 1.54) is 34.9 Å². The van der Waals surface area contributed by atoms with Gasteiger partial charge in [0.2, 0.25) is 5.91 Å². The van der Waals surface area contributed by atoms with Crippen LogP contribution in [-0.2, 0) is 34.0 Å². The lowest BCUT2D eigenvalue weighted by Gasteiger charge is -2.48. The maximum Gasteiger partial charge on any atom is 0.356 e. The summed E-state index contributed by atoms with van der Waals surface area (Å²) in [5.74, 6) is -1.14. The van der Waals surface area contributed by atoms with E-state index in [-0.39, 0.29) is 28.5 Å². The molecule has 1 fully saturated rings. The molecule has 2 aliphatic heterocycles. The number of benzene rings is 3. The van der Waals surface area contributed by atoms with Gasteiger partial charge in [-0.25, -0.2) is 9.59 Å². The molecule has 12 heteroatoms. The monoisotopic (exact) mass is 636 g/mol. The van der Waals surface area contributed by atoms with E-state index >= 15 is 0 Å². The molecule has 0 aromatic heterocycles. The number of hydrogen-bond acceptors (Lipinski definition) is 9. The summed E-state index contributed by atoms with van der Waals surface area (Å²) in [7, 11) is -4.02. The number of carbonyl (C=O) groups is 3. The molecule has 3 aromatic carbocycles. The average molecular weight is 637 g/mol. The zero-order valence-electron chi connectivity index (χ0n) is 24.0. The largest absolute Gasteiger partial charge is 0.458 e. The maximum absolute atomic E-state index is 13.5. The number of allylic oxidation sites excluding steroid dienone is 1. The molecule has 2 atom stereocenters. The zero-order chi connectivity index (χ0) is 31.9. The normalized spacial score (nSPS) is 17.8. The number of rotatable bonds is 8. The highest BCUT2D eigenvalue weighted by Crippen LogP contribution is 2.40. The molecule has 44 heavy (non-hydrogen) atoms. The highest BCUT2D eigenvalue weighted by atomic mass is 32.2. The first-order chi connectivity index (χ1) is 21.0. The Morgan fingerprint density at radius 1 is 1.02 bits per heavy atom. The predicted octanol–water partition coefficient (Wildman–Crippen LogP) is 4.18. The first-order valence-corrected chi connectivity index (χ1v) is 16.1. The average Bonchev–Trinajstić information content (AvgIpc) is 3.02. The van der Waals surface area contributed by atoms with Crippen LogP contribution in [0.4, 0.5) is 0 Å². The van der Waals surface area contributed by atoms with E-state index in [1.807, 2.05) is 67.6 Å². The number of amides is 1. The van der Waals surface area contributed by atoms with Crippen molar-refractivity contribution in [2.45, 2.75) is 36.3 Å². The number of carbonyl (C=O) groups excluding carboxylic acids is 3. The van der Waals surface area contributed by atoms with Crippen LogP contribution in [-0.4, -0.2) is 59.5 Å². The number of hydrogen-bond donors (Lipinski definition) is 2. The number of thioether (sulfide) groups is 1. The molecular weight excluding hydrogens is 604 g/mol. The summed E-state index contributed by atoms with van der Waals surface area (Å²) in [5, 5.41) is -0.345. The summed E-state index contributed by atoms with van der Waals surface area (Å²) >= 11 is 1.44. The van der Waals surface area contributed by atoms with Crippen LogP contribution in [0.15, 0.2) is 113 Å². The van der Waals surface area contributed by atoms with Gasteiger partial charge in [0.25, 0.3) is 10.1 Å². The molecule has 3 N–H and O–H groups in total. The number of nitrogens with two attached hydrogens (primary N) is 1. The third-order valence-electron chi connectivity index (χ3n) is 6.72. The Kier molecular flexibility index (Phi) is 10.8. The summed E-state index contributed by atoms with van der Waals surface area (Å²) in [6, 6.07) is 24.1. The van der Waals surface area contributed by atoms with E-state index in [1.54, 1.807) is 25.1 Å². The van der Waals surface area contributed by atoms with Crippen molar-refractivity contribution in [3.8, 4) is 0 Å². The van der Waals surface area contributed by atoms with Crippen molar-refractivity contribution in [1.82, 2.24) is 4.90 Å². The van der Waals surface area contributed by atoms with Gasteiger partial charge >= 0.3 is 11.9 Å². The lowest BCUT2D eigenvalue weighted by molar-refractivity contribution is -0.153. The van der Waals surface area contributed by atoms with E-state index < -0.39 is 34.2 Å². The van der Waals surface area contributed by atoms with Gasteiger partial charge in [0, 0.05) is 17.4 Å². The highest BCUT2D eigenvalue weighted by Gasteiger charge is 2.52. The fourth-order valence-corrected chi connectivity index (χ4v) is 6.23. The minimum atomic E-state index is -4.02. The molecule has 0 saturated carbocycles. The molecule has 0 radical (unpaired) electrons. The number of β-lactam (4-membered cyclic amide) rings is 1.